The lowest BCUT2D eigenvalue weighted by Crippen LogP contribution is -2.26. The second-order valence-corrected chi connectivity index (χ2v) is 4.98. The summed E-state index contributed by atoms with van der Waals surface area (Å²) in [5.41, 5.74) is 0.445. The first kappa shape index (κ1) is 13.1. The normalized spacial score (nSPS) is 23.0. The lowest BCUT2D eigenvalue weighted by molar-refractivity contribution is -0.384. The lowest BCUT2D eigenvalue weighted by atomic mass is 10.0. The Morgan fingerprint density at radius 1 is 1.50 bits per heavy atom. The minimum Gasteiger partial charge on any atom is -0.396 e. The fraction of sp³-hybridized carbons (Fsp3) is 0.500. The number of aliphatic hydroxyl groups is 1. The van der Waals surface area contributed by atoms with Crippen molar-refractivity contribution in [2.24, 2.45) is 5.92 Å². The van der Waals surface area contributed by atoms with E-state index in [1.165, 1.54) is 12.1 Å². The van der Waals surface area contributed by atoms with Crippen LogP contribution in [-0.2, 0) is 0 Å². The van der Waals surface area contributed by atoms with Crippen LogP contribution in [0.5, 0.6) is 0 Å². The van der Waals surface area contributed by atoms with Crippen molar-refractivity contribution in [1.29, 1.82) is 0 Å². The number of nitrogens with one attached hydrogen (secondary N) is 1. The summed E-state index contributed by atoms with van der Waals surface area (Å²) in [6, 6.07) is 4.54. The van der Waals surface area contributed by atoms with Crippen LogP contribution < -0.4 is 5.32 Å². The molecule has 1 aromatic carbocycles. The van der Waals surface area contributed by atoms with E-state index in [1.807, 2.05) is 0 Å². The molecule has 1 aliphatic carbocycles. The van der Waals surface area contributed by atoms with E-state index in [-0.39, 0.29) is 24.3 Å². The van der Waals surface area contributed by atoms with Crippen LogP contribution in [0.15, 0.2) is 18.2 Å². The topological polar surface area (TPSA) is 75.4 Å². The van der Waals surface area contributed by atoms with Gasteiger partial charge in [0.1, 0.15) is 5.69 Å². The summed E-state index contributed by atoms with van der Waals surface area (Å²) in [5.74, 6) is 0.156. The zero-order valence-corrected chi connectivity index (χ0v) is 10.6. The lowest BCUT2D eigenvalue weighted by Gasteiger charge is -2.20. The van der Waals surface area contributed by atoms with Crippen LogP contribution in [0.4, 0.5) is 11.4 Å². The van der Waals surface area contributed by atoms with Crippen molar-refractivity contribution in [3.8, 4) is 0 Å². The van der Waals surface area contributed by atoms with E-state index in [1.54, 1.807) is 6.07 Å². The molecule has 0 spiro atoms. The SMILES string of the molecule is O=[N+]([O-])c1ccc(Cl)cc1NC1CCCC1CO. The molecule has 1 aliphatic rings. The second-order valence-electron chi connectivity index (χ2n) is 4.54. The van der Waals surface area contributed by atoms with Gasteiger partial charge in [-0.25, -0.2) is 0 Å². The van der Waals surface area contributed by atoms with Gasteiger partial charge in [0, 0.05) is 29.7 Å². The van der Waals surface area contributed by atoms with Crippen LogP contribution in [0, 0.1) is 16.0 Å². The standard InChI is InChI=1S/C12H15ClN2O3/c13-9-4-5-12(15(17)18)11(6-9)14-10-3-1-2-8(10)7-16/h4-6,8,10,14,16H,1-3,7H2. The van der Waals surface area contributed by atoms with E-state index in [4.69, 9.17) is 11.6 Å². The number of benzene rings is 1. The molecule has 0 aromatic heterocycles. The molecule has 98 valence electrons. The Bertz CT molecular complexity index is 453. The summed E-state index contributed by atoms with van der Waals surface area (Å²) in [7, 11) is 0. The van der Waals surface area contributed by atoms with Gasteiger partial charge in [-0.15, -0.1) is 0 Å². The average Bonchev–Trinajstić information content (AvgIpc) is 2.76. The molecule has 1 aromatic rings. The zero-order valence-electron chi connectivity index (χ0n) is 9.80. The number of hydrogen-bond donors (Lipinski definition) is 2. The number of anilines is 1. The summed E-state index contributed by atoms with van der Waals surface area (Å²) in [4.78, 5) is 10.5. The van der Waals surface area contributed by atoms with Crippen molar-refractivity contribution in [3.05, 3.63) is 33.3 Å². The summed E-state index contributed by atoms with van der Waals surface area (Å²) < 4.78 is 0. The molecule has 18 heavy (non-hydrogen) atoms. The molecular formula is C12H15ClN2O3. The molecule has 0 aliphatic heterocycles. The Labute approximate surface area is 110 Å². The summed E-state index contributed by atoms with van der Waals surface area (Å²) >= 11 is 5.87. The number of hydrogen-bond acceptors (Lipinski definition) is 4. The molecule has 2 atom stereocenters. The highest BCUT2D eigenvalue weighted by molar-refractivity contribution is 6.31. The van der Waals surface area contributed by atoms with E-state index < -0.39 is 4.92 Å². The Morgan fingerprint density at radius 3 is 2.94 bits per heavy atom. The quantitative estimate of drug-likeness (QED) is 0.652. The molecule has 0 heterocycles. The molecule has 2 unspecified atom stereocenters. The number of nitro groups is 1. The van der Waals surface area contributed by atoms with Crippen molar-refractivity contribution in [2.75, 3.05) is 11.9 Å². The van der Waals surface area contributed by atoms with E-state index in [0.29, 0.717) is 10.7 Å². The number of aliphatic hydroxyl groups excluding tert-OH is 1. The Kier molecular flexibility index (Phi) is 4.04. The monoisotopic (exact) mass is 270 g/mol. The highest BCUT2D eigenvalue weighted by Gasteiger charge is 2.28. The van der Waals surface area contributed by atoms with Gasteiger partial charge in [0.25, 0.3) is 5.69 Å². The molecule has 1 fully saturated rings. The molecule has 0 bridgehead atoms. The van der Waals surface area contributed by atoms with Gasteiger partial charge in [-0.05, 0) is 25.0 Å². The van der Waals surface area contributed by atoms with Crippen molar-refractivity contribution in [3.63, 3.8) is 0 Å². The van der Waals surface area contributed by atoms with Crippen molar-refractivity contribution in [2.45, 2.75) is 25.3 Å². The summed E-state index contributed by atoms with van der Waals surface area (Å²) in [6.45, 7) is 0.103. The number of nitrogens with zero attached hydrogens (tertiary/aromatic N) is 1. The molecular weight excluding hydrogens is 256 g/mol. The summed E-state index contributed by atoms with van der Waals surface area (Å²) in [5, 5.41) is 23.8. The molecule has 2 N–H and O–H groups in total. The minimum absolute atomic E-state index is 0.0167. The Balaban J connectivity index is 2.22. The fourth-order valence-electron chi connectivity index (χ4n) is 2.43. The smallest absolute Gasteiger partial charge is 0.292 e. The number of rotatable bonds is 4. The van der Waals surface area contributed by atoms with E-state index in [2.05, 4.69) is 5.32 Å². The largest absolute Gasteiger partial charge is 0.396 e. The molecule has 5 nitrogen and oxygen atoms in total. The fourth-order valence-corrected chi connectivity index (χ4v) is 2.60. The maximum Gasteiger partial charge on any atom is 0.292 e. The molecule has 0 saturated heterocycles. The maximum absolute atomic E-state index is 10.9. The van der Waals surface area contributed by atoms with Crippen molar-refractivity contribution in [1.82, 2.24) is 0 Å². The third-order valence-corrected chi connectivity index (χ3v) is 3.62. The van der Waals surface area contributed by atoms with E-state index in [9.17, 15) is 15.2 Å². The Hall–Kier alpha value is -1.33. The van der Waals surface area contributed by atoms with Gasteiger partial charge in [0.15, 0.2) is 0 Å². The summed E-state index contributed by atoms with van der Waals surface area (Å²) in [6.07, 6.45) is 2.88. The third kappa shape index (κ3) is 2.73. The van der Waals surface area contributed by atoms with E-state index in [0.717, 1.165) is 19.3 Å². The molecule has 6 heteroatoms. The predicted molar refractivity (Wildman–Crippen MR) is 69.9 cm³/mol. The van der Waals surface area contributed by atoms with Gasteiger partial charge in [0.2, 0.25) is 0 Å². The van der Waals surface area contributed by atoms with E-state index >= 15 is 0 Å². The van der Waals surface area contributed by atoms with Crippen molar-refractivity contribution < 1.29 is 10.0 Å². The van der Waals surface area contributed by atoms with Crippen LogP contribution >= 0.6 is 11.6 Å². The predicted octanol–water partition coefficient (Wildman–Crippen LogP) is 2.82. The Morgan fingerprint density at radius 2 is 2.28 bits per heavy atom. The van der Waals surface area contributed by atoms with Crippen LogP contribution in [0.3, 0.4) is 0 Å². The van der Waals surface area contributed by atoms with Gasteiger partial charge in [-0.1, -0.05) is 18.0 Å². The maximum atomic E-state index is 10.9. The van der Waals surface area contributed by atoms with Gasteiger partial charge >= 0.3 is 0 Å². The van der Waals surface area contributed by atoms with Gasteiger partial charge < -0.3 is 10.4 Å². The first-order chi connectivity index (χ1) is 8.61. The van der Waals surface area contributed by atoms with Crippen LogP contribution in [0.2, 0.25) is 5.02 Å². The molecule has 1 saturated carbocycles. The van der Waals surface area contributed by atoms with Crippen LogP contribution in [0.1, 0.15) is 19.3 Å². The van der Waals surface area contributed by atoms with Gasteiger partial charge in [-0.3, -0.25) is 10.1 Å². The van der Waals surface area contributed by atoms with Gasteiger partial charge in [-0.2, -0.15) is 0 Å². The van der Waals surface area contributed by atoms with Crippen LogP contribution in [0.25, 0.3) is 0 Å². The molecule has 2 rings (SSSR count). The zero-order chi connectivity index (χ0) is 13.1. The average molecular weight is 271 g/mol. The highest BCUT2D eigenvalue weighted by Crippen LogP contribution is 2.33. The van der Waals surface area contributed by atoms with Crippen molar-refractivity contribution >= 4 is 23.0 Å². The number of nitro benzene ring substituents is 1. The van der Waals surface area contributed by atoms with Gasteiger partial charge in [0.05, 0.1) is 4.92 Å². The third-order valence-electron chi connectivity index (χ3n) is 3.39. The highest BCUT2D eigenvalue weighted by atomic mass is 35.5. The minimum atomic E-state index is -0.429. The number of halogens is 1. The second kappa shape index (κ2) is 5.54. The first-order valence-corrected chi connectivity index (χ1v) is 6.31. The van der Waals surface area contributed by atoms with Crippen LogP contribution in [-0.4, -0.2) is 22.7 Å². The molecule has 0 radical (unpaired) electrons. The molecule has 0 amide bonds. The first-order valence-electron chi connectivity index (χ1n) is 5.93.